The van der Waals surface area contributed by atoms with Gasteiger partial charge in [0.2, 0.25) is 6.29 Å². The van der Waals surface area contributed by atoms with Crippen LogP contribution >= 0.6 is 0 Å². The lowest BCUT2D eigenvalue weighted by atomic mass is 10.0. The Morgan fingerprint density at radius 2 is 1.52 bits per heavy atom. The van der Waals surface area contributed by atoms with E-state index < -0.39 is 24.0 Å². The molecule has 0 spiro atoms. The van der Waals surface area contributed by atoms with E-state index in [1.54, 1.807) is 7.11 Å². The molecule has 2 aliphatic rings. The standard InChI is InChI=1S/C23H28O6/c1-22(2)28-19-16-26-21(25-14-17-10-6-4-7-11-17)23(24-3,20(19)29-22)27-15-18-12-8-5-9-13-18/h4-13,19-21H,14-16H2,1-3H3/t19-,20-,21-,23+/m1/s1. The predicted molar refractivity (Wildman–Crippen MR) is 106 cm³/mol. The SMILES string of the molecule is CO[C@@]1(OCc2ccccc2)[C@H](OCc2ccccc2)OC[C@H]2OC(C)(C)O[C@H]21. The van der Waals surface area contributed by atoms with Gasteiger partial charge in [-0.2, -0.15) is 0 Å². The molecule has 6 heteroatoms. The van der Waals surface area contributed by atoms with Crippen molar-refractivity contribution in [1.82, 2.24) is 0 Å². The van der Waals surface area contributed by atoms with Crippen LogP contribution in [0.15, 0.2) is 60.7 Å². The zero-order chi connectivity index (χ0) is 20.3. The lowest BCUT2D eigenvalue weighted by Gasteiger charge is -2.46. The third kappa shape index (κ3) is 4.38. The summed E-state index contributed by atoms with van der Waals surface area (Å²) in [5, 5.41) is 0. The quantitative estimate of drug-likeness (QED) is 0.662. The molecular formula is C23H28O6. The molecule has 2 aromatic carbocycles. The number of hydrogen-bond acceptors (Lipinski definition) is 6. The molecule has 0 unspecified atom stereocenters. The number of rotatable bonds is 7. The molecule has 2 heterocycles. The van der Waals surface area contributed by atoms with Gasteiger partial charge in [-0.25, -0.2) is 0 Å². The monoisotopic (exact) mass is 400 g/mol. The summed E-state index contributed by atoms with van der Waals surface area (Å²) < 4.78 is 36.6. The Bertz CT molecular complexity index is 780. The van der Waals surface area contributed by atoms with Gasteiger partial charge in [0.1, 0.15) is 12.2 Å². The Morgan fingerprint density at radius 1 is 0.897 bits per heavy atom. The first-order valence-electron chi connectivity index (χ1n) is 9.88. The Balaban J connectivity index is 1.57. The fraction of sp³-hybridized carbons (Fsp3) is 0.478. The smallest absolute Gasteiger partial charge is 0.250 e. The summed E-state index contributed by atoms with van der Waals surface area (Å²) in [4.78, 5) is 0. The van der Waals surface area contributed by atoms with E-state index >= 15 is 0 Å². The Labute approximate surface area is 171 Å². The van der Waals surface area contributed by atoms with Crippen LogP contribution in [0.1, 0.15) is 25.0 Å². The summed E-state index contributed by atoms with van der Waals surface area (Å²) in [6.07, 6.45) is -1.56. The lowest BCUT2D eigenvalue weighted by molar-refractivity contribution is -0.403. The van der Waals surface area contributed by atoms with Crippen LogP contribution < -0.4 is 0 Å². The number of benzene rings is 2. The average molecular weight is 400 g/mol. The maximum absolute atomic E-state index is 6.34. The van der Waals surface area contributed by atoms with Gasteiger partial charge in [0, 0.05) is 7.11 Å². The maximum Gasteiger partial charge on any atom is 0.250 e. The van der Waals surface area contributed by atoms with E-state index in [2.05, 4.69) is 0 Å². The average Bonchev–Trinajstić information content (AvgIpc) is 3.07. The van der Waals surface area contributed by atoms with Crippen LogP contribution in [-0.4, -0.2) is 43.8 Å². The highest BCUT2D eigenvalue weighted by Crippen LogP contribution is 2.43. The molecule has 4 atom stereocenters. The van der Waals surface area contributed by atoms with Gasteiger partial charge in [0.25, 0.3) is 5.79 Å². The van der Waals surface area contributed by atoms with Crippen molar-refractivity contribution in [3.05, 3.63) is 71.8 Å². The van der Waals surface area contributed by atoms with Crippen LogP contribution in [0.3, 0.4) is 0 Å². The van der Waals surface area contributed by atoms with Crippen LogP contribution in [0.4, 0.5) is 0 Å². The zero-order valence-electron chi connectivity index (χ0n) is 17.1. The Kier molecular flexibility index (Phi) is 6.01. The van der Waals surface area contributed by atoms with Crippen molar-refractivity contribution < 1.29 is 28.4 Å². The second-order valence-electron chi connectivity index (χ2n) is 7.76. The fourth-order valence-electron chi connectivity index (χ4n) is 3.83. The summed E-state index contributed by atoms with van der Waals surface area (Å²) in [5.74, 6) is -2.02. The van der Waals surface area contributed by atoms with Crippen LogP contribution in [0.2, 0.25) is 0 Å². The largest absolute Gasteiger partial charge is 0.347 e. The van der Waals surface area contributed by atoms with Crippen molar-refractivity contribution in [1.29, 1.82) is 0 Å². The van der Waals surface area contributed by atoms with Crippen molar-refractivity contribution >= 4 is 0 Å². The normalized spacial score (nSPS) is 30.8. The summed E-state index contributed by atoms with van der Waals surface area (Å²) in [7, 11) is 1.59. The van der Waals surface area contributed by atoms with Crippen molar-refractivity contribution in [3.63, 3.8) is 0 Å². The highest BCUT2D eigenvalue weighted by Gasteiger charge is 2.62. The zero-order valence-corrected chi connectivity index (χ0v) is 17.1. The van der Waals surface area contributed by atoms with E-state index in [-0.39, 0.29) is 6.10 Å². The molecule has 29 heavy (non-hydrogen) atoms. The van der Waals surface area contributed by atoms with Crippen molar-refractivity contribution in [3.8, 4) is 0 Å². The van der Waals surface area contributed by atoms with Gasteiger partial charge < -0.3 is 28.4 Å². The molecule has 156 valence electrons. The van der Waals surface area contributed by atoms with E-state index in [0.717, 1.165) is 11.1 Å². The van der Waals surface area contributed by atoms with Crippen LogP contribution in [0.25, 0.3) is 0 Å². The van der Waals surface area contributed by atoms with Crippen LogP contribution in [0.5, 0.6) is 0 Å². The van der Waals surface area contributed by atoms with Gasteiger partial charge in [0.15, 0.2) is 5.79 Å². The van der Waals surface area contributed by atoms with Crippen LogP contribution in [-0.2, 0) is 41.6 Å². The van der Waals surface area contributed by atoms with Crippen molar-refractivity contribution in [2.45, 2.75) is 57.1 Å². The number of fused-ring (bicyclic) bond motifs is 1. The fourth-order valence-corrected chi connectivity index (χ4v) is 3.83. The third-order valence-corrected chi connectivity index (χ3v) is 5.19. The maximum atomic E-state index is 6.34. The summed E-state index contributed by atoms with van der Waals surface area (Å²) in [5.41, 5.74) is 2.06. The minimum absolute atomic E-state index is 0.308. The van der Waals surface area contributed by atoms with Gasteiger partial charge in [-0.05, 0) is 25.0 Å². The molecule has 0 aliphatic carbocycles. The number of ether oxygens (including phenoxy) is 6. The van der Waals surface area contributed by atoms with Gasteiger partial charge in [-0.3, -0.25) is 0 Å². The molecule has 0 amide bonds. The first-order valence-corrected chi connectivity index (χ1v) is 9.88. The predicted octanol–water partition coefficient (Wildman–Crippen LogP) is 3.64. The van der Waals surface area contributed by atoms with Gasteiger partial charge in [-0.15, -0.1) is 0 Å². The minimum Gasteiger partial charge on any atom is -0.347 e. The summed E-state index contributed by atoms with van der Waals surface area (Å²) in [6, 6.07) is 19.8. The van der Waals surface area contributed by atoms with Crippen molar-refractivity contribution in [2.24, 2.45) is 0 Å². The minimum atomic E-state index is -1.26. The molecule has 0 N–H and O–H groups in total. The van der Waals surface area contributed by atoms with Crippen molar-refractivity contribution in [2.75, 3.05) is 13.7 Å². The molecule has 0 bridgehead atoms. The van der Waals surface area contributed by atoms with Gasteiger partial charge in [-0.1, -0.05) is 60.7 Å². The summed E-state index contributed by atoms with van der Waals surface area (Å²) >= 11 is 0. The first-order chi connectivity index (χ1) is 14.0. The highest BCUT2D eigenvalue weighted by molar-refractivity contribution is 5.15. The molecule has 2 fully saturated rings. The molecule has 0 radical (unpaired) electrons. The number of hydrogen-bond donors (Lipinski definition) is 0. The first kappa shape index (κ1) is 20.5. The summed E-state index contributed by atoms with van der Waals surface area (Å²) in [6.45, 7) is 4.79. The highest BCUT2D eigenvalue weighted by atomic mass is 16.8. The lowest BCUT2D eigenvalue weighted by Crippen LogP contribution is -2.65. The van der Waals surface area contributed by atoms with Crippen LogP contribution in [0, 0.1) is 0 Å². The van der Waals surface area contributed by atoms with Gasteiger partial charge >= 0.3 is 0 Å². The van der Waals surface area contributed by atoms with Gasteiger partial charge in [0.05, 0.1) is 19.8 Å². The van der Waals surface area contributed by atoms with E-state index in [1.807, 2.05) is 74.5 Å². The molecule has 6 nitrogen and oxygen atoms in total. The number of methoxy groups -OCH3 is 1. The van der Waals surface area contributed by atoms with E-state index in [9.17, 15) is 0 Å². The molecule has 2 aliphatic heterocycles. The van der Waals surface area contributed by atoms with E-state index in [0.29, 0.717) is 19.8 Å². The molecule has 2 saturated heterocycles. The Morgan fingerprint density at radius 3 is 2.14 bits per heavy atom. The molecule has 4 rings (SSSR count). The molecule has 2 aromatic rings. The topological polar surface area (TPSA) is 55.4 Å². The third-order valence-electron chi connectivity index (χ3n) is 5.19. The van der Waals surface area contributed by atoms with E-state index in [4.69, 9.17) is 28.4 Å². The molecule has 0 saturated carbocycles. The second-order valence-corrected chi connectivity index (χ2v) is 7.76. The van der Waals surface area contributed by atoms with E-state index in [1.165, 1.54) is 0 Å². The Hall–Kier alpha value is -1.80. The second kappa shape index (κ2) is 8.52. The molecular weight excluding hydrogens is 372 g/mol. The molecule has 0 aromatic heterocycles.